The minimum atomic E-state index is -0.341. The lowest BCUT2D eigenvalue weighted by Crippen LogP contribution is -2.61. The first-order chi connectivity index (χ1) is 32.6. The molecule has 0 amide bonds. The number of hydrogen-bond acceptors (Lipinski definition) is 4. The van der Waals surface area contributed by atoms with E-state index in [0.717, 1.165) is 52.4 Å². The Kier molecular flexibility index (Phi) is 11.4. The lowest BCUT2D eigenvalue weighted by atomic mass is 9.33. The summed E-state index contributed by atoms with van der Waals surface area (Å²) in [5.41, 5.74) is 21.7. The summed E-state index contributed by atoms with van der Waals surface area (Å²) in [6, 6.07) is 51.7. The molecule has 4 nitrogen and oxygen atoms in total. The van der Waals surface area contributed by atoms with E-state index in [1.807, 2.05) is 30.3 Å². The van der Waals surface area contributed by atoms with Crippen LogP contribution >= 0.6 is 0 Å². The van der Waals surface area contributed by atoms with Crippen molar-refractivity contribution >= 4 is 63.2 Å². The zero-order chi connectivity index (χ0) is 48.8. The highest BCUT2D eigenvalue weighted by Crippen LogP contribution is 2.49. The minimum absolute atomic E-state index is 0.0975. The third-order valence-corrected chi connectivity index (χ3v) is 14.9. The monoisotopic (exact) mass is 909 g/mol. The smallest absolute Gasteiger partial charge is 0.338 e. The molecule has 69 heavy (non-hydrogen) atoms. The van der Waals surface area contributed by atoms with E-state index in [4.69, 9.17) is 4.74 Å². The summed E-state index contributed by atoms with van der Waals surface area (Å²) < 4.78 is 6.30. The highest BCUT2D eigenvalue weighted by atomic mass is 16.5. The Hall–Kier alpha value is -6.33. The Morgan fingerprint density at radius 1 is 0.478 bits per heavy atom. The number of carbonyl (C=O) groups is 1. The first-order valence-electron chi connectivity index (χ1n) is 25.3. The van der Waals surface area contributed by atoms with E-state index in [1.165, 1.54) is 73.9 Å². The van der Waals surface area contributed by atoms with Gasteiger partial charge < -0.3 is 14.5 Å². The molecule has 0 aromatic heterocycles. The lowest BCUT2D eigenvalue weighted by molar-refractivity contribution is 0.0472. The minimum Gasteiger partial charge on any atom is -0.457 e. The van der Waals surface area contributed by atoms with Crippen molar-refractivity contribution in [3.05, 3.63) is 184 Å². The fourth-order valence-corrected chi connectivity index (χ4v) is 10.7. The summed E-state index contributed by atoms with van der Waals surface area (Å²) in [7, 11) is 0. The van der Waals surface area contributed by atoms with Gasteiger partial charge in [-0.25, -0.2) is 4.79 Å². The number of fused-ring (bicyclic) bond motifs is 5. The van der Waals surface area contributed by atoms with Crippen molar-refractivity contribution in [2.45, 2.75) is 137 Å². The largest absolute Gasteiger partial charge is 0.457 e. The molecular formula is C64H69BN2O2. The number of carbonyl (C=O) groups excluding carboxylic acids is 1. The van der Waals surface area contributed by atoms with Crippen LogP contribution in [0, 0.1) is 0 Å². The molecule has 2 aliphatic heterocycles. The molecule has 7 aromatic carbocycles. The molecule has 0 saturated heterocycles. The Balaban J connectivity index is 1.33. The molecule has 0 fully saturated rings. The number of rotatable bonds is 6. The standard InChI is InChI=1S/C64H69BN2O2/c1-61(2,3)47-34-48(62(4,5)6)37-51(36-47)66-55-31-45(42-23-17-14-18-24-42)27-28-53(55)65-54-29-43-25-19-20-26-44(43)30-56(54)67(52-38-49(63(7,8)9)35-50(39-52)64(10,11)12)58-33-46(32-57(66)59(58)65)60(68)69-40-41-21-15-13-16-22-41/h13-18,21-24,27-39H,19-20,25-26,40H2,1-12H3. The molecule has 2 heterocycles. The molecule has 0 unspecified atom stereocenters. The summed E-state index contributed by atoms with van der Waals surface area (Å²) in [5.74, 6) is -0.341. The summed E-state index contributed by atoms with van der Waals surface area (Å²) in [6.45, 7) is 27.8. The maximum absolute atomic E-state index is 15.0. The van der Waals surface area contributed by atoms with Crippen molar-refractivity contribution in [1.82, 2.24) is 0 Å². The fourth-order valence-electron chi connectivity index (χ4n) is 10.7. The van der Waals surface area contributed by atoms with Crippen molar-refractivity contribution < 1.29 is 9.53 Å². The summed E-state index contributed by atoms with van der Waals surface area (Å²) in [4.78, 5) is 20.0. The fraction of sp³-hybridized carbons (Fsp3) is 0.328. The van der Waals surface area contributed by atoms with E-state index >= 15 is 0 Å². The predicted molar refractivity (Wildman–Crippen MR) is 293 cm³/mol. The Morgan fingerprint density at radius 2 is 0.942 bits per heavy atom. The average molecular weight is 909 g/mol. The second-order valence-corrected chi connectivity index (χ2v) is 24.2. The van der Waals surface area contributed by atoms with Crippen LogP contribution in [0.5, 0.6) is 0 Å². The van der Waals surface area contributed by atoms with Gasteiger partial charge in [0.2, 0.25) is 0 Å². The molecule has 0 atom stereocenters. The first-order valence-corrected chi connectivity index (χ1v) is 25.3. The number of anilines is 6. The van der Waals surface area contributed by atoms with Crippen LogP contribution in [0.2, 0.25) is 0 Å². The summed E-state index contributed by atoms with van der Waals surface area (Å²) in [6.07, 6.45) is 4.52. The molecule has 3 aliphatic rings. The van der Waals surface area contributed by atoms with Gasteiger partial charge in [0.05, 0.1) is 5.56 Å². The Morgan fingerprint density at radius 3 is 1.43 bits per heavy atom. The van der Waals surface area contributed by atoms with Gasteiger partial charge in [-0.15, -0.1) is 0 Å². The van der Waals surface area contributed by atoms with Crippen LogP contribution in [0.4, 0.5) is 34.1 Å². The van der Waals surface area contributed by atoms with E-state index < -0.39 is 0 Å². The number of hydrogen-bond donors (Lipinski definition) is 0. The van der Waals surface area contributed by atoms with Gasteiger partial charge in [-0.05, 0) is 162 Å². The average Bonchev–Trinajstić information content (AvgIpc) is 3.31. The van der Waals surface area contributed by atoms with Crippen molar-refractivity contribution in [3.8, 4) is 11.1 Å². The van der Waals surface area contributed by atoms with Crippen LogP contribution < -0.4 is 26.2 Å². The van der Waals surface area contributed by atoms with E-state index in [9.17, 15) is 4.79 Å². The number of ether oxygens (including phenoxy) is 1. The molecule has 0 saturated carbocycles. The summed E-state index contributed by atoms with van der Waals surface area (Å²) in [5, 5.41) is 0. The molecule has 0 N–H and O–H groups in total. The van der Waals surface area contributed by atoms with Crippen molar-refractivity contribution in [1.29, 1.82) is 0 Å². The van der Waals surface area contributed by atoms with Gasteiger partial charge in [0.25, 0.3) is 6.71 Å². The topological polar surface area (TPSA) is 32.8 Å². The summed E-state index contributed by atoms with van der Waals surface area (Å²) >= 11 is 0. The highest BCUT2D eigenvalue weighted by molar-refractivity contribution is 7.00. The van der Waals surface area contributed by atoms with Crippen LogP contribution in [0.1, 0.15) is 145 Å². The zero-order valence-corrected chi connectivity index (χ0v) is 43.1. The number of nitrogens with zero attached hydrogens (tertiary/aromatic N) is 2. The lowest BCUT2D eigenvalue weighted by Gasteiger charge is -2.45. The molecule has 0 bridgehead atoms. The third kappa shape index (κ3) is 8.72. The predicted octanol–water partition coefficient (Wildman–Crippen LogP) is 14.9. The van der Waals surface area contributed by atoms with Crippen LogP contribution in [0.25, 0.3) is 11.1 Å². The number of benzene rings is 7. The van der Waals surface area contributed by atoms with E-state index in [-0.39, 0.29) is 40.9 Å². The van der Waals surface area contributed by atoms with Crippen molar-refractivity contribution in [2.75, 3.05) is 9.80 Å². The van der Waals surface area contributed by atoms with Crippen LogP contribution in [-0.4, -0.2) is 12.7 Å². The Bertz CT molecular complexity index is 3060. The zero-order valence-electron chi connectivity index (χ0n) is 43.1. The number of esters is 1. The van der Waals surface area contributed by atoms with Crippen LogP contribution in [-0.2, 0) is 45.8 Å². The molecule has 350 valence electrons. The molecular weight excluding hydrogens is 840 g/mol. The van der Waals surface area contributed by atoms with Gasteiger partial charge in [0.15, 0.2) is 0 Å². The van der Waals surface area contributed by atoms with E-state index in [2.05, 4.69) is 202 Å². The molecule has 0 spiro atoms. The maximum atomic E-state index is 15.0. The molecule has 7 aromatic rings. The second-order valence-electron chi connectivity index (χ2n) is 24.2. The normalized spacial score (nSPS) is 14.5. The van der Waals surface area contributed by atoms with Gasteiger partial charge in [-0.1, -0.05) is 174 Å². The molecule has 1 aliphatic carbocycles. The third-order valence-electron chi connectivity index (χ3n) is 14.9. The van der Waals surface area contributed by atoms with E-state index in [0.29, 0.717) is 5.56 Å². The first kappa shape index (κ1) is 46.4. The van der Waals surface area contributed by atoms with Crippen molar-refractivity contribution in [2.24, 2.45) is 0 Å². The van der Waals surface area contributed by atoms with Crippen LogP contribution in [0.3, 0.4) is 0 Å². The quantitative estimate of drug-likeness (QED) is 0.123. The van der Waals surface area contributed by atoms with Crippen molar-refractivity contribution in [3.63, 3.8) is 0 Å². The van der Waals surface area contributed by atoms with Gasteiger partial charge in [0.1, 0.15) is 6.61 Å². The van der Waals surface area contributed by atoms with Gasteiger partial charge >= 0.3 is 5.97 Å². The molecule has 10 rings (SSSR count). The Labute approximate surface area is 412 Å². The number of aryl methyl sites for hydroxylation is 2. The van der Waals surface area contributed by atoms with Gasteiger partial charge in [-0.2, -0.15) is 0 Å². The van der Waals surface area contributed by atoms with Crippen LogP contribution in [0.15, 0.2) is 140 Å². The second kappa shape index (κ2) is 17.0. The van der Waals surface area contributed by atoms with E-state index in [1.54, 1.807) is 0 Å². The highest BCUT2D eigenvalue weighted by Gasteiger charge is 2.45. The van der Waals surface area contributed by atoms with Gasteiger partial charge in [-0.3, -0.25) is 0 Å². The molecule has 5 heteroatoms. The SMILES string of the molecule is CC(C)(C)c1cc(N2c3cc(-c4ccccc4)ccc3B3c4cc5c(cc4N(c4cc(C(C)(C)C)cc(C(C)(C)C)c4)c4cc(C(=O)OCc6ccccc6)cc2c43)CCCC5)cc(C(C)(C)C)c1. The maximum Gasteiger partial charge on any atom is 0.338 e. The van der Waals surface area contributed by atoms with Gasteiger partial charge in [0, 0.05) is 34.1 Å². The molecule has 0 radical (unpaired) electrons.